The molecule has 34 heavy (non-hydrogen) atoms. The lowest BCUT2D eigenvalue weighted by atomic mass is 10.00. The van der Waals surface area contributed by atoms with Crippen molar-refractivity contribution < 1.29 is 9.59 Å². The van der Waals surface area contributed by atoms with E-state index in [0.29, 0.717) is 23.4 Å². The van der Waals surface area contributed by atoms with Crippen molar-refractivity contribution in [2.24, 2.45) is 0 Å². The van der Waals surface area contributed by atoms with Crippen LogP contribution < -0.4 is 20.9 Å². The van der Waals surface area contributed by atoms with E-state index in [1.165, 1.54) is 0 Å². The zero-order chi connectivity index (χ0) is 24.2. The fraction of sp³-hybridized carbons (Fsp3) is 0.192. The quantitative estimate of drug-likeness (QED) is 0.390. The summed E-state index contributed by atoms with van der Waals surface area (Å²) in [4.78, 5) is 31.4. The van der Waals surface area contributed by atoms with Crippen molar-refractivity contribution in [1.29, 1.82) is 0 Å². The van der Waals surface area contributed by atoms with Crippen LogP contribution in [-0.2, 0) is 0 Å². The lowest BCUT2D eigenvalue weighted by Crippen LogP contribution is -2.28. The third-order valence-corrected chi connectivity index (χ3v) is 5.61. The first-order chi connectivity index (χ1) is 16.4. The van der Waals surface area contributed by atoms with Crippen LogP contribution in [0, 0.1) is 6.92 Å². The van der Waals surface area contributed by atoms with Crippen LogP contribution in [0.15, 0.2) is 67.1 Å². The molecular formula is C26H28N6O2. The molecule has 174 valence electrons. The maximum absolute atomic E-state index is 12.9. The maximum atomic E-state index is 12.9. The normalized spacial score (nSPS) is 10.7. The van der Waals surface area contributed by atoms with E-state index >= 15 is 0 Å². The van der Waals surface area contributed by atoms with Gasteiger partial charge in [0.1, 0.15) is 0 Å². The fourth-order valence-electron chi connectivity index (χ4n) is 3.79. The number of nitrogens with zero attached hydrogens (tertiary/aromatic N) is 3. The van der Waals surface area contributed by atoms with Gasteiger partial charge in [-0.3, -0.25) is 4.79 Å². The lowest BCUT2D eigenvalue weighted by Gasteiger charge is -2.15. The molecule has 0 unspecified atom stereocenters. The SMILES string of the molecule is CCNC(=O)Nc1cc(-c2cccc(NC(=O)c3ccc(N(C)C)cc3)c2C)cn2ccnc12. The van der Waals surface area contributed by atoms with Gasteiger partial charge in [-0.05, 0) is 61.4 Å². The Hall–Kier alpha value is -4.33. The number of carbonyl (C=O) groups excluding carboxylic acids is 2. The summed E-state index contributed by atoms with van der Waals surface area (Å²) in [6.07, 6.45) is 5.48. The summed E-state index contributed by atoms with van der Waals surface area (Å²) in [6.45, 7) is 4.35. The summed E-state index contributed by atoms with van der Waals surface area (Å²) in [5, 5.41) is 8.65. The number of aromatic nitrogens is 2. The number of hydrogen-bond donors (Lipinski definition) is 3. The van der Waals surface area contributed by atoms with E-state index in [2.05, 4.69) is 20.9 Å². The first kappa shape index (κ1) is 22.8. The average molecular weight is 457 g/mol. The topological polar surface area (TPSA) is 90.8 Å². The Balaban J connectivity index is 1.65. The molecule has 2 heterocycles. The molecule has 0 aliphatic rings. The molecule has 0 saturated heterocycles. The molecule has 3 N–H and O–H groups in total. The van der Waals surface area contributed by atoms with Gasteiger partial charge in [-0.1, -0.05) is 12.1 Å². The van der Waals surface area contributed by atoms with Gasteiger partial charge in [-0.25, -0.2) is 9.78 Å². The molecule has 0 spiro atoms. The highest BCUT2D eigenvalue weighted by molar-refractivity contribution is 6.05. The Labute approximate surface area is 198 Å². The number of rotatable bonds is 6. The van der Waals surface area contributed by atoms with Gasteiger partial charge in [-0.2, -0.15) is 0 Å². The minimum absolute atomic E-state index is 0.172. The summed E-state index contributed by atoms with van der Waals surface area (Å²) in [7, 11) is 3.92. The van der Waals surface area contributed by atoms with Crippen molar-refractivity contribution >= 4 is 34.6 Å². The van der Waals surface area contributed by atoms with E-state index in [1.807, 2.05) is 98.2 Å². The number of carbonyl (C=O) groups is 2. The van der Waals surface area contributed by atoms with Crippen molar-refractivity contribution in [2.75, 3.05) is 36.2 Å². The van der Waals surface area contributed by atoms with E-state index in [-0.39, 0.29) is 11.9 Å². The predicted octanol–water partition coefficient (Wildman–Crippen LogP) is 4.77. The number of pyridine rings is 1. The van der Waals surface area contributed by atoms with Gasteiger partial charge in [0.2, 0.25) is 0 Å². The highest BCUT2D eigenvalue weighted by Gasteiger charge is 2.14. The first-order valence-electron chi connectivity index (χ1n) is 11.1. The Morgan fingerprint density at radius 3 is 2.50 bits per heavy atom. The van der Waals surface area contributed by atoms with Crippen LogP contribution in [0.2, 0.25) is 0 Å². The van der Waals surface area contributed by atoms with Gasteiger partial charge >= 0.3 is 6.03 Å². The van der Waals surface area contributed by atoms with Crippen LogP contribution in [0.5, 0.6) is 0 Å². The standard InChI is InChI=1S/C26H28N6O2/c1-5-27-26(34)30-23-15-19(16-32-14-13-28-24(23)32)21-7-6-8-22(17(21)2)29-25(33)18-9-11-20(12-10-18)31(3)4/h6-16H,5H2,1-4H3,(H,29,33)(H2,27,30,34). The average Bonchev–Trinajstić information content (AvgIpc) is 3.29. The highest BCUT2D eigenvalue weighted by atomic mass is 16.2. The molecule has 2 aromatic carbocycles. The van der Waals surface area contributed by atoms with Crippen LogP contribution in [0.4, 0.5) is 21.9 Å². The highest BCUT2D eigenvalue weighted by Crippen LogP contribution is 2.32. The lowest BCUT2D eigenvalue weighted by molar-refractivity contribution is 0.102. The molecule has 4 rings (SSSR count). The van der Waals surface area contributed by atoms with Gasteiger partial charge in [0, 0.05) is 61.7 Å². The molecular weight excluding hydrogens is 428 g/mol. The summed E-state index contributed by atoms with van der Waals surface area (Å²) in [5.41, 5.74) is 6.34. The molecule has 0 saturated carbocycles. The number of imidazole rings is 1. The Morgan fingerprint density at radius 2 is 1.79 bits per heavy atom. The zero-order valence-electron chi connectivity index (χ0n) is 19.7. The van der Waals surface area contributed by atoms with Crippen molar-refractivity contribution in [3.63, 3.8) is 0 Å². The van der Waals surface area contributed by atoms with Gasteiger partial charge < -0.3 is 25.3 Å². The Kier molecular flexibility index (Phi) is 6.49. The summed E-state index contributed by atoms with van der Waals surface area (Å²) >= 11 is 0. The van der Waals surface area contributed by atoms with Crippen molar-refractivity contribution in [1.82, 2.24) is 14.7 Å². The van der Waals surface area contributed by atoms with Crippen molar-refractivity contribution in [3.05, 3.63) is 78.2 Å². The van der Waals surface area contributed by atoms with Gasteiger partial charge in [-0.15, -0.1) is 0 Å². The molecule has 0 aliphatic heterocycles. The molecule has 0 fully saturated rings. The van der Waals surface area contributed by atoms with E-state index in [9.17, 15) is 9.59 Å². The van der Waals surface area contributed by atoms with Gasteiger partial charge in [0.15, 0.2) is 5.65 Å². The van der Waals surface area contributed by atoms with Gasteiger partial charge in [0.25, 0.3) is 5.91 Å². The summed E-state index contributed by atoms with van der Waals surface area (Å²) < 4.78 is 1.87. The third-order valence-electron chi connectivity index (χ3n) is 5.61. The van der Waals surface area contributed by atoms with Gasteiger partial charge in [0.05, 0.1) is 5.69 Å². The fourth-order valence-corrected chi connectivity index (χ4v) is 3.79. The minimum atomic E-state index is -0.289. The predicted molar refractivity (Wildman–Crippen MR) is 137 cm³/mol. The van der Waals surface area contributed by atoms with Crippen LogP contribution in [0.25, 0.3) is 16.8 Å². The first-order valence-corrected chi connectivity index (χ1v) is 11.1. The molecule has 2 aromatic heterocycles. The number of urea groups is 1. The van der Waals surface area contributed by atoms with Crippen LogP contribution in [0.1, 0.15) is 22.8 Å². The Morgan fingerprint density at radius 1 is 1.03 bits per heavy atom. The number of hydrogen-bond acceptors (Lipinski definition) is 4. The maximum Gasteiger partial charge on any atom is 0.319 e. The monoisotopic (exact) mass is 456 g/mol. The number of anilines is 3. The van der Waals surface area contributed by atoms with E-state index < -0.39 is 0 Å². The van der Waals surface area contributed by atoms with Crippen LogP contribution in [0.3, 0.4) is 0 Å². The van der Waals surface area contributed by atoms with Crippen molar-refractivity contribution in [2.45, 2.75) is 13.8 Å². The summed E-state index contributed by atoms with van der Waals surface area (Å²) in [5.74, 6) is -0.172. The second-order valence-corrected chi connectivity index (χ2v) is 8.16. The summed E-state index contributed by atoms with van der Waals surface area (Å²) in [6, 6.07) is 14.9. The third kappa shape index (κ3) is 4.71. The Bertz CT molecular complexity index is 1340. The second kappa shape index (κ2) is 9.66. The number of fused-ring (bicyclic) bond motifs is 1. The number of amides is 3. The largest absolute Gasteiger partial charge is 0.378 e. The van der Waals surface area contributed by atoms with Crippen LogP contribution in [-0.4, -0.2) is 42.0 Å². The minimum Gasteiger partial charge on any atom is -0.378 e. The van der Waals surface area contributed by atoms with Crippen molar-refractivity contribution in [3.8, 4) is 11.1 Å². The molecule has 0 bridgehead atoms. The molecule has 0 atom stereocenters. The smallest absolute Gasteiger partial charge is 0.319 e. The van der Waals surface area contributed by atoms with E-state index in [4.69, 9.17) is 0 Å². The molecule has 3 amide bonds. The van der Waals surface area contributed by atoms with Crippen LogP contribution >= 0.6 is 0 Å². The molecule has 8 heteroatoms. The molecule has 4 aromatic rings. The van der Waals surface area contributed by atoms with E-state index in [1.54, 1.807) is 6.20 Å². The van der Waals surface area contributed by atoms with E-state index in [0.717, 1.165) is 28.1 Å². The molecule has 8 nitrogen and oxygen atoms in total. The number of benzene rings is 2. The number of nitrogens with one attached hydrogen (secondary N) is 3. The molecule has 0 radical (unpaired) electrons. The zero-order valence-corrected chi connectivity index (χ0v) is 19.7. The second-order valence-electron chi connectivity index (χ2n) is 8.16. The molecule has 0 aliphatic carbocycles.